The van der Waals surface area contributed by atoms with E-state index in [1.165, 1.54) is 0 Å². The summed E-state index contributed by atoms with van der Waals surface area (Å²) in [5.74, 6) is 0.178. The number of amides is 2. The average molecular weight is 372 g/mol. The molecular weight excluding hydrogens is 348 g/mol. The smallest absolute Gasteiger partial charge is 0.254 e. The summed E-state index contributed by atoms with van der Waals surface area (Å²) in [6.45, 7) is 6.43. The number of carbonyl (C=O) groups excluding carboxylic acids is 2. The molecule has 2 aromatic rings. The van der Waals surface area contributed by atoms with Crippen LogP contribution in [0.5, 0.6) is 0 Å². The molecule has 2 aliphatic rings. The van der Waals surface area contributed by atoms with Crippen LogP contribution >= 0.6 is 0 Å². The molecule has 4 nitrogen and oxygen atoms in total. The molecule has 0 spiro atoms. The topological polar surface area (TPSA) is 40.6 Å². The first kappa shape index (κ1) is 18.2. The maximum atomic E-state index is 12.6. The van der Waals surface area contributed by atoms with Gasteiger partial charge in [-0.3, -0.25) is 9.59 Å². The van der Waals surface area contributed by atoms with Gasteiger partial charge >= 0.3 is 0 Å². The van der Waals surface area contributed by atoms with Crippen LogP contribution < -0.4 is 0 Å². The fourth-order valence-electron chi connectivity index (χ4n) is 4.01. The normalized spacial score (nSPS) is 16.6. The van der Waals surface area contributed by atoms with Crippen molar-refractivity contribution in [1.82, 2.24) is 9.80 Å². The van der Waals surface area contributed by atoms with Gasteiger partial charge in [0, 0.05) is 37.3 Å². The third-order valence-corrected chi connectivity index (χ3v) is 5.37. The van der Waals surface area contributed by atoms with Crippen molar-refractivity contribution in [3.8, 4) is 0 Å². The van der Waals surface area contributed by atoms with Crippen LogP contribution in [-0.2, 0) is 24.4 Å². The molecule has 2 amide bonds. The molecule has 2 aliphatic heterocycles. The molecule has 0 unspecified atom stereocenters. The van der Waals surface area contributed by atoms with Crippen molar-refractivity contribution in [2.45, 2.75) is 33.5 Å². The Balaban J connectivity index is 1.45. The van der Waals surface area contributed by atoms with E-state index in [4.69, 9.17) is 0 Å². The van der Waals surface area contributed by atoms with E-state index < -0.39 is 0 Å². The van der Waals surface area contributed by atoms with Gasteiger partial charge in [0.15, 0.2) is 0 Å². The Morgan fingerprint density at radius 1 is 0.893 bits per heavy atom. The van der Waals surface area contributed by atoms with E-state index in [0.717, 1.165) is 33.4 Å². The number of hydrogen-bond donors (Lipinski definition) is 0. The van der Waals surface area contributed by atoms with Gasteiger partial charge in [0.1, 0.15) is 0 Å². The maximum Gasteiger partial charge on any atom is 0.254 e. The van der Waals surface area contributed by atoms with Gasteiger partial charge in [-0.05, 0) is 42.2 Å². The van der Waals surface area contributed by atoms with Crippen molar-refractivity contribution in [2.24, 2.45) is 0 Å². The van der Waals surface area contributed by atoms with Crippen molar-refractivity contribution in [3.05, 3.63) is 94.1 Å². The lowest BCUT2D eigenvalue weighted by atomic mass is 10.1. The predicted molar refractivity (Wildman–Crippen MR) is 109 cm³/mol. The summed E-state index contributed by atoms with van der Waals surface area (Å²) in [7, 11) is 0. The summed E-state index contributed by atoms with van der Waals surface area (Å²) < 4.78 is 0. The molecule has 0 aromatic heterocycles. The first-order chi connectivity index (χ1) is 13.6. The second kappa shape index (κ2) is 7.47. The van der Waals surface area contributed by atoms with Gasteiger partial charge in [-0.1, -0.05) is 54.6 Å². The van der Waals surface area contributed by atoms with Crippen LogP contribution in [0, 0.1) is 0 Å². The zero-order valence-electron chi connectivity index (χ0n) is 16.3. The van der Waals surface area contributed by atoms with Crippen LogP contribution in [0.15, 0.2) is 71.8 Å². The monoisotopic (exact) mass is 372 g/mol. The lowest BCUT2D eigenvalue weighted by molar-refractivity contribution is -0.125. The lowest BCUT2D eigenvalue weighted by Gasteiger charge is -2.19. The minimum absolute atomic E-state index is 0.0890. The zero-order chi connectivity index (χ0) is 19.7. The van der Waals surface area contributed by atoms with Crippen molar-refractivity contribution in [2.75, 3.05) is 6.54 Å². The molecule has 2 aromatic carbocycles. The Morgan fingerprint density at radius 3 is 2.25 bits per heavy atom. The predicted octanol–water partition coefficient (Wildman–Crippen LogP) is 4.08. The van der Waals surface area contributed by atoms with Crippen molar-refractivity contribution >= 4 is 11.8 Å². The SMILES string of the molecule is C/C=C\C1=C(C)CN(Cc2cccc(CN3Cc4ccccc4C3=O)c2)C1=O. The van der Waals surface area contributed by atoms with E-state index in [9.17, 15) is 9.59 Å². The highest BCUT2D eigenvalue weighted by Crippen LogP contribution is 2.25. The first-order valence-corrected chi connectivity index (χ1v) is 9.63. The number of rotatable bonds is 5. The molecule has 28 heavy (non-hydrogen) atoms. The summed E-state index contributed by atoms with van der Waals surface area (Å²) in [6.07, 6.45) is 3.80. The minimum atomic E-state index is 0.0890. The average Bonchev–Trinajstić information content (AvgIpc) is 3.14. The number of benzene rings is 2. The molecule has 2 heterocycles. The number of fused-ring (bicyclic) bond motifs is 1. The summed E-state index contributed by atoms with van der Waals surface area (Å²) >= 11 is 0. The van der Waals surface area contributed by atoms with E-state index >= 15 is 0 Å². The molecule has 0 fully saturated rings. The summed E-state index contributed by atoms with van der Waals surface area (Å²) in [6, 6.07) is 16.0. The molecule has 4 heteroatoms. The van der Waals surface area contributed by atoms with Crippen LogP contribution in [0.4, 0.5) is 0 Å². The van der Waals surface area contributed by atoms with Gasteiger partial charge in [-0.2, -0.15) is 0 Å². The van der Waals surface area contributed by atoms with E-state index in [-0.39, 0.29) is 11.8 Å². The van der Waals surface area contributed by atoms with Gasteiger partial charge in [0.25, 0.3) is 11.8 Å². The van der Waals surface area contributed by atoms with Crippen molar-refractivity contribution in [3.63, 3.8) is 0 Å². The van der Waals surface area contributed by atoms with Crippen LogP contribution in [0.3, 0.4) is 0 Å². The number of nitrogens with zero attached hydrogens (tertiary/aromatic N) is 2. The van der Waals surface area contributed by atoms with E-state index in [1.54, 1.807) is 0 Å². The van der Waals surface area contributed by atoms with Crippen LogP contribution in [0.2, 0.25) is 0 Å². The molecule has 0 atom stereocenters. The minimum Gasteiger partial charge on any atom is -0.330 e. The second-order valence-electron chi connectivity index (χ2n) is 7.49. The molecule has 0 radical (unpaired) electrons. The summed E-state index contributed by atoms with van der Waals surface area (Å²) in [4.78, 5) is 29.0. The van der Waals surface area contributed by atoms with Gasteiger partial charge in [-0.15, -0.1) is 0 Å². The second-order valence-corrected chi connectivity index (χ2v) is 7.49. The summed E-state index contributed by atoms with van der Waals surface area (Å²) in [5, 5.41) is 0. The van der Waals surface area contributed by atoms with Crippen molar-refractivity contribution < 1.29 is 9.59 Å². The largest absolute Gasteiger partial charge is 0.330 e. The molecule has 0 bridgehead atoms. The highest BCUT2D eigenvalue weighted by Gasteiger charge is 2.28. The Morgan fingerprint density at radius 2 is 1.57 bits per heavy atom. The molecule has 0 saturated heterocycles. The number of hydrogen-bond acceptors (Lipinski definition) is 2. The lowest BCUT2D eigenvalue weighted by Crippen LogP contribution is -2.26. The van der Waals surface area contributed by atoms with Gasteiger partial charge in [0.2, 0.25) is 0 Å². The van der Waals surface area contributed by atoms with Crippen molar-refractivity contribution in [1.29, 1.82) is 0 Å². The fraction of sp³-hybridized carbons (Fsp3) is 0.250. The van der Waals surface area contributed by atoms with Gasteiger partial charge in [0.05, 0.1) is 0 Å². The first-order valence-electron chi connectivity index (χ1n) is 9.63. The third kappa shape index (κ3) is 3.38. The Hall–Kier alpha value is -3.14. The Labute approximate surface area is 165 Å². The molecule has 0 saturated carbocycles. The Bertz CT molecular complexity index is 1000. The van der Waals surface area contributed by atoms with E-state index in [1.807, 2.05) is 78.3 Å². The molecule has 4 rings (SSSR count). The maximum absolute atomic E-state index is 12.6. The fourth-order valence-corrected chi connectivity index (χ4v) is 4.01. The van der Waals surface area contributed by atoms with E-state index in [0.29, 0.717) is 26.2 Å². The van der Waals surface area contributed by atoms with Crippen LogP contribution in [0.25, 0.3) is 0 Å². The van der Waals surface area contributed by atoms with Gasteiger partial charge < -0.3 is 9.80 Å². The standard InChI is InChI=1S/C24H24N2O2/c1-3-7-21-17(2)13-25(23(21)27)14-18-8-6-9-19(12-18)15-26-16-20-10-4-5-11-22(20)24(26)28/h3-12H,13-16H2,1-2H3/b7-3-. The molecule has 0 aliphatic carbocycles. The number of carbonyl (C=O) groups is 2. The number of allylic oxidation sites excluding steroid dienone is 1. The molecule has 0 N–H and O–H groups in total. The summed E-state index contributed by atoms with van der Waals surface area (Å²) in [5.41, 5.74) is 5.98. The third-order valence-electron chi connectivity index (χ3n) is 5.37. The quantitative estimate of drug-likeness (QED) is 0.794. The van der Waals surface area contributed by atoms with Crippen LogP contribution in [-0.4, -0.2) is 28.2 Å². The van der Waals surface area contributed by atoms with Gasteiger partial charge in [-0.25, -0.2) is 0 Å². The molecule has 142 valence electrons. The van der Waals surface area contributed by atoms with Crippen LogP contribution in [0.1, 0.15) is 40.9 Å². The molecular formula is C24H24N2O2. The van der Waals surface area contributed by atoms with E-state index in [2.05, 4.69) is 6.07 Å². The zero-order valence-corrected chi connectivity index (χ0v) is 16.3. The highest BCUT2D eigenvalue weighted by molar-refractivity contribution is 5.99. The Kier molecular flexibility index (Phi) is 4.86. The highest BCUT2D eigenvalue weighted by atomic mass is 16.2.